The fourth-order valence-corrected chi connectivity index (χ4v) is 3.24. The summed E-state index contributed by atoms with van der Waals surface area (Å²) in [6, 6.07) is 10.4. The number of carboxylic acids is 1. The summed E-state index contributed by atoms with van der Waals surface area (Å²) in [6.07, 6.45) is 0.370. The molecule has 2 aromatic carbocycles. The van der Waals surface area contributed by atoms with Crippen LogP contribution in [0, 0.1) is 0 Å². The molecule has 0 spiro atoms. The van der Waals surface area contributed by atoms with E-state index < -0.39 is 30.2 Å². The van der Waals surface area contributed by atoms with E-state index in [1.165, 1.54) is 7.11 Å². The van der Waals surface area contributed by atoms with E-state index >= 15 is 0 Å². The fourth-order valence-electron chi connectivity index (χ4n) is 3.24. The van der Waals surface area contributed by atoms with Crippen molar-refractivity contribution in [2.24, 2.45) is 0 Å². The second-order valence-corrected chi connectivity index (χ2v) is 6.40. The Kier molecular flexibility index (Phi) is 5.63. The first kappa shape index (κ1) is 19.4. The Balaban J connectivity index is 2.03. The van der Waals surface area contributed by atoms with Crippen LogP contribution < -0.4 is 9.47 Å². The van der Waals surface area contributed by atoms with Gasteiger partial charge in [0.15, 0.2) is 11.5 Å². The summed E-state index contributed by atoms with van der Waals surface area (Å²) in [7, 11) is 1.51. The van der Waals surface area contributed by atoms with Gasteiger partial charge in [-0.15, -0.1) is 0 Å². The average Bonchev–Trinajstić information content (AvgIpc) is 2.95. The molecule has 0 bridgehead atoms. The van der Waals surface area contributed by atoms with E-state index in [0.717, 1.165) is 11.3 Å². The van der Waals surface area contributed by atoms with E-state index in [1.54, 1.807) is 42.5 Å². The quantitative estimate of drug-likeness (QED) is 0.703. The molecule has 2 aromatic rings. The van der Waals surface area contributed by atoms with Crippen molar-refractivity contribution >= 4 is 17.8 Å². The zero-order chi connectivity index (χ0) is 20.3. The molecule has 0 saturated heterocycles. The molecular weight excluding hydrogens is 362 g/mol. The molecule has 0 aromatic heterocycles. The number of carbonyl (C=O) groups is 3. The Morgan fingerprint density at radius 3 is 2.25 bits per heavy atom. The van der Waals surface area contributed by atoms with Gasteiger partial charge in [0.05, 0.1) is 37.3 Å². The number of hydrogen-bond donors (Lipinski definition) is 1. The second-order valence-electron chi connectivity index (χ2n) is 6.40. The summed E-state index contributed by atoms with van der Waals surface area (Å²) in [5.74, 6) is -1.19. The maximum absolute atomic E-state index is 12.8. The standard InChI is InChI=1S/C21H21NO6/c1-3-10-28-18-11-13(8-9-17(18)27-2)16(12-19(23)24)22-20(25)14-6-4-5-7-15(14)21(22)26/h4-9,11,16H,3,10,12H2,1-2H3,(H,23,24). The number of imide groups is 1. The number of rotatable bonds is 8. The Hall–Kier alpha value is -3.35. The number of nitrogens with zero attached hydrogens (tertiary/aromatic N) is 1. The van der Waals surface area contributed by atoms with Crippen LogP contribution in [0.5, 0.6) is 11.5 Å². The maximum atomic E-state index is 12.8. The van der Waals surface area contributed by atoms with Crippen LogP contribution in [0.3, 0.4) is 0 Å². The number of fused-ring (bicyclic) bond motifs is 1. The van der Waals surface area contributed by atoms with Crippen molar-refractivity contribution in [3.63, 3.8) is 0 Å². The van der Waals surface area contributed by atoms with Crippen molar-refractivity contribution in [2.75, 3.05) is 13.7 Å². The molecule has 0 radical (unpaired) electrons. The van der Waals surface area contributed by atoms with Gasteiger partial charge in [-0.3, -0.25) is 19.3 Å². The van der Waals surface area contributed by atoms with Crippen LogP contribution in [0.15, 0.2) is 42.5 Å². The van der Waals surface area contributed by atoms with E-state index in [4.69, 9.17) is 9.47 Å². The number of carbonyl (C=O) groups excluding carboxylic acids is 2. The second kappa shape index (κ2) is 8.12. The highest BCUT2D eigenvalue weighted by Crippen LogP contribution is 2.37. The van der Waals surface area contributed by atoms with Crippen molar-refractivity contribution in [2.45, 2.75) is 25.8 Å². The van der Waals surface area contributed by atoms with Gasteiger partial charge in [-0.2, -0.15) is 0 Å². The molecule has 0 saturated carbocycles. The van der Waals surface area contributed by atoms with Crippen LogP contribution in [-0.4, -0.2) is 41.5 Å². The predicted octanol–water partition coefficient (Wildman–Crippen LogP) is 3.30. The van der Waals surface area contributed by atoms with Gasteiger partial charge >= 0.3 is 5.97 Å². The molecule has 0 aliphatic carbocycles. The zero-order valence-corrected chi connectivity index (χ0v) is 15.7. The van der Waals surface area contributed by atoms with E-state index in [9.17, 15) is 19.5 Å². The highest BCUT2D eigenvalue weighted by Gasteiger charge is 2.41. The molecule has 1 atom stereocenters. The van der Waals surface area contributed by atoms with Gasteiger partial charge in [-0.1, -0.05) is 25.1 Å². The molecule has 1 N–H and O–H groups in total. The minimum Gasteiger partial charge on any atom is -0.493 e. The number of amides is 2. The molecule has 1 aliphatic heterocycles. The molecule has 28 heavy (non-hydrogen) atoms. The van der Waals surface area contributed by atoms with Gasteiger partial charge in [0.1, 0.15) is 0 Å². The third kappa shape index (κ3) is 3.55. The van der Waals surface area contributed by atoms with Crippen molar-refractivity contribution in [3.05, 3.63) is 59.2 Å². The topological polar surface area (TPSA) is 93.1 Å². The first-order valence-electron chi connectivity index (χ1n) is 8.97. The molecule has 146 valence electrons. The van der Waals surface area contributed by atoms with Gasteiger partial charge in [-0.05, 0) is 36.2 Å². The Morgan fingerprint density at radius 2 is 1.71 bits per heavy atom. The number of ether oxygens (including phenoxy) is 2. The molecule has 1 unspecified atom stereocenters. The van der Waals surface area contributed by atoms with Gasteiger partial charge < -0.3 is 14.6 Å². The number of hydrogen-bond acceptors (Lipinski definition) is 5. The number of aliphatic carboxylic acids is 1. The smallest absolute Gasteiger partial charge is 0.305 e. The minimum atomic E-state index is -1.12. The van der Waals surface area contributed by atoms with Crippen LogP contribution in [0.1, 0.15) is 52.1 Å². The third-order valence-corrected chi connectivity index (χ3v) is 4.54. The largest absolute Gasteiger partial charge is 0.493 e. The average molecular weight is 383 g/mol. The summed E-state index contributed by atoms with van der Waals surface area (Å²) >= 11 is 0. The lowest BCUT2D eigenvalue weighted by molar-refractivity contribution is -0.138. The van der Waals surface area contributed by atoms with Crippen molar-refractivity contribution in [3.8, 4) is 11.5 Å². The Labute approximate surface area is 162 Å². The molecular formula is C21H21NO6. The van der Waals surface area contributed by atoms with Gasteiger partial charge in [0.25, 0.3) is 11.8 Å². The van der Waals surface area contributed by atoms with E-state index in [2.05, 4.69) is 0 Å². The van der Waals surface area contributed by atoms with Crippen LogP contribution >= 0.6 is 0 Å². The lowest BCUT2D eigenvalue weighted by atomic mass is 10.0. The lowest BCUT2D eigenvalue weighted by Gasteiger charge is -2.26. The summed E-state index contributed by atoms with van der Waals surface area (Å²) in [6.45, 7) is 2.42. The van der Waals surface area contributed by atoms with Crippen LogP contribution in [-0.2, 0) is 4.79 Å². The first-order chi connectivity index (χ1) is 13.5. The molecule has 3 rings (SSSR count). The highest BCUT2D eigenvalue weighted by molar-refractivity contribution is 6.21. The predicted molar refractivity (Wildman–Crippen MR) is 101 cm³/mol. The van der Waals surface area contributed by atoms with E-state index in [0.29, 0.717) is 23.7 Å². The van der Waals surface area contributed by atoms with E-state index in [1.807, 2.05) is 6.92 Å². The van der Waals surface area contributed by atoms with Crippen LogP contribution in [0.25, 0.3) is 0 Å². The number of methoxy groups -OCH3 is 1. The molecule has 1 heterocycles. The fraction of sp³-hybridized carbons (Fsp3) is 0.286. The Morgan fingerprint density at radius 1 is 1.07 bits per heavy atom. The molecule has 0 fully saturated rings. The maximum Gasteiger partial charge on any atom is 0.305 e. The van der Waals surface area contributed by atoms with Crippen LogP contribution in [0.4, 0.5) is 0 Å². The molecule has 7 heteroatoms. The van der Waals surface area contributed by atoms with Gasteiger partial charge in [0.2, 0.25) is 0 Å². The summed E-state index contributed by atoms with van der Waals surface area (Å²) in [5.41, 5.74) is 1.04. The molecule has 1 aliphatic rings. The first-order valence-corrected chi connectivity index (χ1v) is 8.97. The van der Waals surface area contributed by atoms with Crippen LogP contribution in [0.2, 0.25) is 0 Å². The number of carboxylic acid groups (broad SMARTS) is 1. The highest BCUT2D eigenvalue weighted by atomic mass is 16.5. The molecule has 2 amide bonds. The summed E-state index contributed by atoms with van der Waals surface area (Å²) in [5, 5.41) is 9.40. The minimum absolute atomic E-state index is 0.277. The van der Waals surface area contributed by atoms with Crippen molar-refractivity contribution < 1.29 is 29.0 Å². The Bertz CT molecular complexity index is 888. The molecule has 7 nitrogen and oxygen atoms in total. The van der Waals surface area contributed by atoms with Crippen molar-refractivity contribution in [1.29, 1.82) is 0 Å². The zero-order valence-electron chi connectivity index (χ0n) is 15.7. The SMILES string of the molecule is CCCOc1cc(C(CC(=O)O)N2C(=O)c3ccccc3C2=O)ccc1OC. The van der Waals surface area contributed by atoms with Crippen molar-refractivity contribution in [1.82, 2.24) is 4.90 Å². The summed E-state index contributed by atoms with van der Waals surface area (Å²) in [4.78, 5) is 38.2. The number of benzene rings is 2. The third-order valence-electron chi connectivity index (χ3n) is 4.54. The summed E-state index contributed by atoms with van der Waals surface area (Å²) < 4.78 is 11.0. The lowest BCUT2D eigenvalue weighted by Crippen LogP contribution is -2.35. The monoisotopic (exact) mass is 383 g/mol. The normalized spacial score (nSPS) is 14.0. The van der Waals surface area contributed by atoms with E-state index in [-0.39, 0.29) is 11.1 Å². The van der Waals surface area contributed by atoms with Gasteiger partial charge in [0, 0.05) is 0 Å². The van der Waals surface area contributed by atoms with Gasteiger partial charge in [-0.25, -0.2) is 0 Å².